The summed E-state index contributed by atoms with van der Waals surface area (Å²) >= 11 is 0. The summed E-state index contributed by atoms with van der Waals surface area (Å²) in [6.45, 7) is 9.62. The molecule has 0 aliphatic carbocycles. The van der Waals surface area contributed by atoms with E-state index in [0.717, 1.165) is 23.5 Å². The van der Waals surface area contributed by atoms with Gasteiger partial charge in [0.15, 0.2) is 5.96 Å². The molecule has 29 heavy (non-hydrogen) atoms. The minimum atomic E-state index is -4.31. The van der Waals surface area contributed by atoms with Crippen LogP contribution in [0.15, 0.2) is 39.9 Å². The number of aromatic nitrogens is 1. The van der Waals surface area contributed by atoms with Gasteiger partial charge in [0.2, 0.25) is 5.89 Å². The van der Waals surface area contributed by atoms with Gasteiger partial charge in [-0.15, -0.1) is 24.0 Å². The first kappa shape index (κ1) is 25.3. The molecule has 1 heterocycles. The molecule has 2 N–H and O–H groups in total. The maximum atomic E-state index is 12.6. The first-order valence-corrected chi connectivity index (χ1v) is 9.23. The molecule has 0 fully saturated rings. The summed E-state index contributed by atoms with van der Waals surface area (Å²) in [5.41, 5.74) is 0.0675. The Morgan fingerprint density at radius 2 is 1.76 bits per heavy atom. The molecule has 2 rings (SSSR count). The van der Waals surface area contributed by atoms with Gasteiger partial charge < -0.3 is 15.1 Å². The molecule has 5 nitrogen and oxygen atoms in total. The molecular weight excluding hydrogens is 496 g/mol. The van der Waals surface area contributed by atoms with E-state index in [4.69, 9.17) is 4.42 Å². The number of nitrogens with zero attached hydrogens (tertiary/aromatic N) is 2. The van der Waals surface area contributed by atoms with Crippen LogP contribution < -0.4 is 10.6 Å². The van der Waals surface area contributed by atoms with Crippen LogP contribution >= 0.6 is 24.0 Å². The minimum Gasteiger partial charge on any atom is -0.443 e. The maximum Gasteiger partial charge on any atom is 0.416 e. The van der Waals surface area contributed by atoms with Crippen molar-refractivity contribution < 1.29 is 17.6 Å². The van der Waals surface area contributed by atoms with E-state index in [1.807, 2.05) is 27.7 Å². The number of aliphatic imine (C=N–C) groups is 1. The van der Waals surface area contributed by atoms with Crippen LogP contribution in [0.4, 0.5) is 13.2 Å². The molecule has 0 bridgehead atoms. The molecule has 0 amide bonds. The number of nitrogens with one attached hydrogen (secondary N) is 2. The molecule has 1 aromatic heterocycles. The predicted octanol–water partition coefficient (Wildman–Crippen LogP) is 4.91. The van der Waals surface area contributed by atoms with Gasteiger partial charge in [-0.1, -0.05) is 32.9 Å². The molecule has 0 aliphatic heterocycles. The zero-order chi connectivity index (χ0) is 20.8. The highest BCUT2D eigenvalue weighted by Crippen LogP contribution is 2.29. The molecule has 0 radical (unpaired) electrons. The average Bonchev–Trinajstić information content (AvgIpc) is 3.09. The van der Waals surface area contributed by atoms with Gasteiger partial charge in [-0.05, 0) is 31.0 Å². The highest BCUT2D eigenvalue weighted by atomic mass is 127. The van der Waals surface area contributed by atoms with Crippen molar-refractivity contribution in [2.45, 2.75) is 52.3 Å². The third-order valence-electron chi connectivity index (χ3n) is 4.00. The second-order valence-electron chi connectivity index (χ2n) is 7.43. The number of rotatable bonds is 6. The van der Waals surface area contributed by atoms with Crippen LogP contribution in [0.2, 0.25) is 0 Å². The number of halogens is 4. The van der Waals surface area contributed by atoms with Gasteiger partial charge in [0.1, 0.15) is 12.3 Å². The van der Waals surface area contributed by atoms with E-state index in [2.05, 4.69) is 20.6 Å². The average molecular weight is 524 g/mol. The fourth-order valence-electron chi connectivity index (χ4n) is 2.40. The summed E-state index contributed by atoms with van der Waals surface area (Å²) in [6, 6.07) is 5.19. The number of benzene rings is 1. The lowest BCUT2D eigenvalue weighted by atomic mass is 9.94. The summed E-state index contributed by atoms with van der Waals surface area (Å²) in [5.74, 6) is 1.94. The normalized spacial score (nSPS) is 12.4. The standard InChI is InChI=1S/C20H27F3N4O.HI/c1-5-24-18(27-13-17-26-12-16(28-17)19(2,3)4)25-11-10-14-6-8-15(9-7-14)20(21,22)23;/h6-9,12H,5,10-11,13H2,1-4H3,(H2,24,25,27);1H. The molecule has 0 saturated carbocycles. The summed E-state index contributed by atoms with van der Waals surface area (Å²) in [6.07, 6.45) is -2.01. The molecular formula is C20H28F3IN4O. The molecule has 2 aromatic rings. The number of oxazole rings is 1. The van der Waals surface area contributed by atoms with Crippen molar-refractivity contribution in [2.24, 2.45) is 4.99 Å². The number of hydrogen-bond acceptors (Lipinski definition) is 3. The molecule has 0 atom stereocenters. The lowest BCUT2D eigenvalue weighted by Gasteiger charge is -2.13. The van der Waals surface area contributed by atoms with Gasteiger partial charge in [-0.3, -0.25) is 0 Å². The topological polar surface area (TPSA) is 62.5 Å². The predicted molar refractivity (Wildman–Crippen MR) is 119 cm³/mol. The van der Waals surface area contributed by atoms with Gasteiger partial charge in [0.25, 0.3) is 0 Å². The Morgan fingerprint density at radius 3 is 2.28 bits per heavy atom. The summed E-state index contributed by atoms with van der Waals surface area (Å²) in [7, 11) is 0. The van der Waals surface area contributed by atoms with Crippen LogP contribution in [0.1, 0.15) is 50.5 Å². The van der Waals surface area contributed by atoms with E-state index >= 15 is 0 Å². The Labute approximate surface area is 186 Å². The summed E-state index contributed by atoms with van der Waals surface area (Å²) in [5, 5.41) is 6.29. The zero-order valence-electron chi connectivity index (χ0n) is 17.1. The van der Waals surface area contributed by atoms with Crippen LogP contribution in [0, 0.1) is 0 Å². The smallest absolute Gasteiger partial charge is 0.416 e. The van der Waals surface area contributed by atoms with E-state index in [9.17, 15) is 13.2 Å². The van der Waals surface area contributed by atoms with E-state index in [1.54, 1.807) is 6.20 Å². The van der Waals surface area contributed by atoms with E-state index in [0.29, 0.717) is 37.9 Å². The lowest BCUT2D eigenvalue weighted by Crippen LogP contribution is -2.38. The molecule has 162 valence electrons. The van der Waals surface area contributed by atoms with Gasteiger partial charge in [0, 0.05) is 18.5 Å². The maximum absolute atomic E-state index is 12.6. The van der Waals surface area contributed by atoms with Gasteiger partial charge in [0.05, 0.1) is 11.8 Å². The molecule has 0 aliphatic rings. The number of guanidine groups is 1. The molecule has 0 spiro atoms. The molecule has 9 heteroatoms. The van der Waals surface area contributed by atoms with Crippen molar-refractivity contribution in [3.63, 3.8) is 0 Å². The Hall–Kier alpha value is -1.78. The Morgan fingerprint density at radius 1 is 1.10 bits per heavy atom. The van der Waals surface area contributed by atoms with Crippen molar-refractivity contribution in [3.05, 3.63) is 53.2 Å². The lowest BCUT2D eigenvalue weighted by molar-refractivity contribution is -0.137. The monoisotopic (exact) mass is 524 g/mol. The number of alkyl halides is 3. The van der Waals surface area contributed by atoms with Gasteiger partial charge in [-0.25, -0.2) is 9.98 Å². The molecule has 0 unspecified atom stereocenters. The quantitative estimate of drug-likeness (QED) is 0.321. The first-order valence-electron chi connectivity index (χ1n) is 9.23. The SMILES string of the molecule is CCNC(=NCc1ncc(C(C)(C)C)o1)NCCc1ccc(C(F)(F)F)cc1.I. The van der Waals surface area contributed by atoms with Crippen LogP contribution in [-0.2, 0) is 24.6 Å². The third-order valence-corrected chi connectivity index (χ3v) is 4.00. The van der Waals surface area contributed by atoms with E-state index < -0.39 is 11.7 Å². The zero-order valence-corrected chi connectivity index (χ0v) is 19.4. The summed E-state index contributed by atoms with van der Waals surface area (Å²) < 4.78 is 43.5. The largest absolute Gasteiger partial charge is 0.443 e. The van der Waals surface area contributed by atoms with Gasteiger partial charge in [-0.2, -0.15) is 13.2 Å². The summed E-state index contributed by atoms with van der Waals surface area (Å²) in [4.78, 5) is 8.70. The molecule has 0 saturated heterocycles. The fraction of sp³-hybridized carbons (Fsp3) is 0.500. The highest BCUT2D eigenvalue weighted by Gasteiger charge is 2.29. The Balaban J connectivity index is 0.00000420. The van der Waals surface area contributed by atoms with Crippen molar-refractivity contribution >= 4 is 29.9 Å². The number of hydrogen-bond donors (Lipinski definition) is 2. The second-order valence-corrected chi connectivity index (χ2v) is 7.43. The molecule has 1 aromatic carbocycles. The van der Waals surface area contributed by atoms with Crippen LogP contribution in [0.5, 0.6) is 0 Å². The van der Waals surface area contributed by atoms with Crippen molar-refractivity contribution in [2.75, 3.05) is 13.1 Å². The first-order chi connectivity index (χ1) is 13.1. The minimum absolute atomic E-state index is 0. The Bertz CT molecular complexity index is 780. The third kappa shape index (κ3) is 8.23. The second kappa shape index (κ2) is 10.8. The van der Waals surface area contributed by atoms with Crippen molar-refractivity contribution in [3.8, 4) is 0 Å². The van der Waals surface area contributed by atoms with E-state index in [1.165, 1.54) is 12.1 Å². The van der Waals surface area contributed by atoms with Gasteiger partial charge >= 0.3 is 6.18 Å². The van der Waals surface area contributed by atoms with Crippen LogP contribution in [0.3, 0.4) is 0 Å². The highest BCUT2D eigenvalue weighted by molar-refractivity contribution is 14.0. The Kier molecular flexibility index (Phi) is 9.44. The fourth-order valence-corrected chi connectivity index (χ4v) is 2.40. The van der Waals surface area contributed by atoms with Crippen LogP contribution in [0.25, 0.3) is 0 Å². The van der Waals surface area contributed by atoms with E-state index in [-0.39, 0.29) is 29.4 Å². The van der Waals surface area contributed by atoms with Crippen molar-refractivity contribution in [1.82, 2.24) is 15.6 Å². The van der Waals surface area contributed by atoms with Crippen LogP contribution in [-0.4, -0.2) is 24.0 Å². The van der Waals surface area contributed by atoms with Crippen molar-refractivity contribution in [1.29, 1.82) is 0 Å².